The summed E-state index contributed by atoms with van der Waals surface area (Å²) in [6, 6.07) is 0. The van der Waals surface area contributed by atoms with Crippen molar-refractivity contribution in [2.45, 2.75) is 31.8 Å². The number of pyridine rings is 1. The second-order valence-electron chi connectivity index (χ2n) is 6.01. The Morgan fingerprint density at radius 2 is 1.78 bits per heavy atom. The molecule has 0 aromatic carbocycles. The molecule has 2 aromatic heterocycles. The lowest BCUT2D eigenvalue weighted by molar-refractivity contribution is 0.0599. The zero-order valence-corrected chi connectivity index (χ0v) is 17.4. The van der Waals surface area contributed by atoms with Crippen LogP contribution in [0.3, 0.4) is 0 Å². The van der Waals surface area contributed by atoms with Gasteiger partial charge in [0.15, 0.2) is 15.6 Å². The number of aromatic nitrogens is 2. The van der Waals surface area contributed by atoms with Gasteiger partial charge in [0.2, 0.25) is 0 Å². The number of aromatic amines is 1. The normalized spacial score (nSPS) is 12.7. The van der Waals surface area contributed by atoms with Crippen LogP contribution in [0.1, 0.15) is 44.6 Å². The third-order valence-corrected chi connectivity index (χ3v) is 6.91. The number of ketones is 1. The Hall–Kier alpha value is -1.90. The van der Waals surface area contributed by atoms with Gasteiger partial charge in [-0.25, -0.2) is 13.2 Å². The summed E-state index contributed by atoms with van der Waals surface area (Å²) in [5.41, 5.74) is 1.21. The molecular formula is C17H18Cl2N2O5S. The minimum atomic E-state index is -3.93. The van der Waals surface area contributed by atoms with Gasteiger partial charge in [0.05, 0.1) is 34.2 Å². The predicted molar refractivity (Wildman–Crippen MR) is 102 cm³/mol. The number of ether oxygens (including phenoxy) is 1. The summed E-state index contributed by atoms with van der Waals surface area (Å²) in [7, 11) is -2.71. The highest BCUT2D eigenvalue weighted by molar-refractivity contribution is 7.92. The fourth-order valence-corrected chi connectivity index (χ4v) is 4.74. The first-order chi connectivity index (χ1) is 12.5. The van der Waals surface area contributed by atoms with E-state index in [0.717, 1.165) is 0 Å². The van der Waals surface area contributed by atoms with E-state index in [1.807, 2.05) is 0 Å². The third kappa shape index (κ3) is 4.17. The molecule has 7 nitrogen and oxygen atoms in total. The number of nitrogens with one attached hydrogen (secondary N) is 1. The van der Waals surface area contributed by atoms with E-state index in [2.05, 4.69) is 9.97 Å². The highest BCUT2D eigenvalue weighted by Gasteiger charge is 2.33. The molecule has 0 amide bonds. The first kappa shape index (κ1) is 21.4. The summed E-state index contributed by atoms with van der Waals surface area (Å²) >= 11 is 12.0. The maximum absolute atomic E-state index is 12.8. The number of Topliss-reactive ketones (excluding diaryl/α,β-unsaturated/α-hetero) is 1. The van der Waals surface area contributed by atoms with E-state index < -0.39 is 32.6 Å². The average molecular weight is 433 g/mol. The zero-order valence-electron chi connectivity index (χ0n) is 15.1. The lowest BCUT2D eigenvalue weighted by Crippen LogP contribution is -2.29. The largest absolute Gasteiger partial charge is 0.465 e. The van der Waals surface area contributed by atoms with Crippen LogP contribution in [-0.2, 0) is 20.3 Å². The van der Waals surface area contributed by atoms with Gasteiger partial charge in [-0.15, -0.1) is 0 Å². The Labute approximate surface area is 167 Å². The Kier molecular flexibility index (Phi) is 6.34. The number of hydrogen-bond acceptors (Lipinski definition) is 6. The molecule has 1 N–H and O–H groups in total. The maximum Gasteiger partial charge on any atom is 0.339 e. The molecule has 0 aliphatic carbocycles. The number of nitrogens with zero attached hydrogens (tertiary/aromatic N) is 1. The molecule has 0 fully saturated rings. The van der Waals surface area contributed by atoms with Crippen LogP contribution in [-0.4, -0.2) is 42.5 Å². The fourth-order valence-electron chi connectivity index (χ4n) is 2.67. The fraction of sp³-hybridized carbons (Fsp3) is 0.353. The number of aryl methyl sites for hydroxylation is 1. The molecule has 0 aliphatic heterocycles. The molecule has 10 heteroatoms. The van der Waals surface area contributed by atoms with E-state index in [0.29, 0.717) is 11.3 Å². The summed E-state index contributed by atoms with van der Waals surface area (Å²) < 4.78 is 30.2. The van der Waals surface area contributed by atoms with Gasteiger partial charge in [-0.05, 0) is 26.3 Å². The van der Waals surface area contributed by atoms with Gasteiger partial charge in [-0.2, -0.15) is 0 Å². The van der Waals surface area contributed by atoms with Crippen LogP contribution in [0.4, 0.5) is 0 Å². The minimum absolute atomic E-state index is 0.0518. The molecule has 0 spiro atoms. The van der Waals surface area contributed by atoms with E-state index in [9.17, 15) is 18.0 Å². The second kappa shape index (κ2) is 8.00. The molecule has 1 unspecified atom stereocenters. The number of carbonyl (C=O) groups is 2. The van der Waals surface area contributed by atoms with Gasteiger partial charge in [0.1, 0.15) is 5.25 Å². The van der Waals surface area contributed by atoms with Crippen molar-refractivity contribution in [1.29, 1.82) is 0 Å². The molecular weight excluding hydrogens is 415 g/mol. The van der Waals surface area contributed by atoms with Crippen molar-refractivity contribution in [3.05, 3.63) is 50.5 Å². The smallest absolute Gasteiger partial charge is 0.339 e. The van der Waals surface area contributed by atoms with Crippen molar-refractivity contribution >= 4 is 44.8 Å². The maximum atomic E-state index is 12.8. The number of H-pyrrole nitrogens is 1. The van der Waals surface area contributed by atoms with E-state index in [4.69, 9.17) is 27.9 Å². The zero-order chi connectivity index (χ0) is 20.5. The molecule has 0 aliphatic rings. The molecule has 27 heavy (non-hydrogen) atoms. The van der Waals surface area contributed by atoms with Crippen LogP contribution in [0.5, 0.6) is 0 Å². The number of rotatable bonds is 6. The molecule has 146 valence electrons. The molecule has 0 saturated carbocycles. The van der Waals surface area contributed by atoms with Crippen LogP contribution >= 0.6 is 23.2 Å². The standard InChI is InChI=1S/C17H18Cl2N2O5S/c1-8-14(17(23)26-4)9(2)21-15(8)16(22)10(3)27(24,25)7-11-12(18)5-20-6-13(11)19/h5-6,10,21H,7H2,1-4H3. The van der Waals surface area contributed by atoms with Crippen molar-refractivity contribution in [2.24, 2.45) is 0 Å². The van der Waals surface area contributed by atoms with Crippen LogP contribution in [0.25, 0.3) is 0 Å². The van der Waals surface area contributed by atoms with E-state index in [-0.39, 0.29) is 26.9 Å². The quantitative estimate of drug-likeness (QED) is 0.554. The van der Waals surface area contributed by atoms with Gasteiger partial charge >= 0.3 is 5.97 Å². The SMILES string of the molecule is COC(=O)c1c(C)[nH]c(C(=O)C(C)S(=O)(=O)Cc2c(Cl)cncc2Cl)c1C. The summed E-state index contributed by atoms with van der Waals surface area (Å²) in [6.45, 7) is 4.44. The summed E-state index contributed by atoms with van der Waals surface area (Å²) in [5.74, 6) is -1.78. The van der Waals surface area contributed by atoms with E-state index in [1.54, 1.807) is 13.8 Å². The van der Waals surface area contributed by atoms with Crippen molar-refractivity contribution < 1.29 is 22.7 Å². The monoisotopic (exact) mass is 432 g/mol. The summed E-state index contributed by atoms with van der Waals surface area (Å²) in [4.78, 5) is 31.2. The molecule has 0 bridgehead atoms. The van der Waals surface area contributed by atoms with Crippen molar-refractivity contribution in [2.75, 3.05) is 7.11 Å². The van der Waals surface area contributed by atoms with Crippen molar-refractivity contribution in [1.82, 2.24) is 9.97 Å². The predicted octanol–water partition coefficient (Wildman–Crippen LogP) is 3.31. The van der Waals surface area contributed by atoms with E-state index in [1.165, 1.54) is 26.4 Å². The topological polar surface area (TPSA) is 106 Å². The molecule has 2 aromatic rings. The van der Waals surface area contributed by atoms with Crippen molar-refractivity contribution in [3.63, 3.8) is 0 Å². The number of esters is 1. The Balaban J connectivity index is 2.38. The Morgan fingerprint density at radius 3 is 2.30 bits per heavy atom. The van der Waals surface area contributed by atoms with Crippen LogP contribution in [0, 0.1) is 13.8 Å². The number of sulfone groups is 1. The molecule has 2 rings (SSSR count). The van der Waals surface area contributed by atoms with Gasteiger partial charge < -0.3 is 9.72 Å². The Bertz CT molecular complexity index is 994. The van der Waals surface area contributed by atoms with Crippen LogP contribution in [0.15, 0.2) is 12.4 Å². The van der Waals surface area contributed by atoms with Gasteiger partial charge in [-0.1, -0.05) is 23.2 Å². The lowest BCUT2D eigenvalue weighted by atomic mass is 10.1. The minimum Gasteiger partial charge on any atom is -0.465 e. The van der Waals surface area contributed by atoms with Gasteiger partial charge in [0, 0.05) is 23.7 Å². The second-order valence-corrected chi connectivity index (χ2v) is 9.15. The molecule has 1 atom stereocenters. The van der Waals surface area contributed by atoms with Crippen molar-refractivity contribution in [3.8, 4) is 0 Å². The molecule has 2 heterocycles. The highest BCUT2D eigenvalue weighted by Crippen LogP contribution is 2.28. The number of halogens is 2. The van der Waals surface area contributed by atoms with Gasteiger partial charge in [-0.3, -0.25) is 9.78 Å². The summed E-state index contributed by atoms with van der Waals surface area (Å²) in [5, 5.41) is -1.17. The van der Waals surface area contributed by atoms with E-state index >= 15 is 0 Å². The van der Waals surface area contributed by atoms with Crippen LogP contribution in [0.2, 0.25) is 10.0 Å². The third-order valence-electron chi connectivity index (χ3n) is 4.28. The molecule has 0 saturated heterocycles. The molecule has 0 radical (unpaired) electrons. The number of methoxy groups -OCH3 is 1. The Morgan fingerprint density at radius 1 is 1.22 bits per heavy atom. The highest BCUT2D eigenvalue weighted by atomic mass is 35.5. The first-order valence-corrected chi connectivity index (χ1v) is 10.3. The number of hydrogen-bond donors (Lipinski definition) is 1. The van der Waals surface area contributed by atoms with Gasteiger partial charge in [0.25, 0.3) is 0 Å². The number of carbonyl (C=O) groups excluding carboxylic acids is 2. The average Bonchev–Trinajstić information content (AvgIpc) is 2.90. The lowest BCUT2D eigenvalue weighted by Gasteiger charge is -2.13. The van der Waals surface area contributed by atoms with Crippen LogP contribution < -0.4 is 0 Å². The summed E-state index contributed by atoms with van der Waals surface area (Å²) in [6.07, 6.45) is 2.57. The first-order valence-electron chi connectivity index (χ1n) is 7.82.